The van der Waals surface area contributed by atoms with Crippen molar-refractivity contribution < 1.29 is 14.7 Å². The quantitative estimate of drug-likeness (QED) is 0.803. The Balaban J connectivity index is 1.91. The number of rotatable bonds is 4. The summed E-state index contributed by atoms with van der Waals surface area (Å²) >= 11 is 0. The highest BCUT2D eigenvalue weighted by molar-refractivity contribution is 5.92. The fourth-order valence-electron chi connectivity index (χ4n) is 2.31. The summed E-state index contributed by atoms with van der Waals surface area (Å²) in [5.41, 5.74) is 0.832. The number of carboxylic acid groups (broad SMARTS) is 1. The van der Waals surface area contributed by atoms with Crippen LogP contribution in [0.2, 0.25) is 0 Å². The number of nitrogens with zero attached hydrogens (tertiary/aromatic N) is 1. The molecule has 19 heavy (non-hydrogen) atoms. The summed E-state index contributed by atoms with van der Waals surface area (Å²) in [5, 5.41) is 11.8. The normalized spacial score (nSPS) is 22.5. The summed E-state index contributed by atoms with van der Waals surface area (Å²) in [6, 6.07) is 3.37. The highest BCUT2D eigenvalue weighted by atomic mass is 16.4. The van der Waals surface area contributed by atoms with Gasteiger partial charge in [-0.05, 0) is 30.5 Å². The summed E-state index contributed by atoms with van der Waals surface area (Å²) in [4.78, 5) is 26.7. The smallest absolute Gasteiger partial charge is 0.308 e. The lowest BCUT2D eigenvalue weighted by atomic mass is 10.0. The van der Waals surface area contributed by atoms with Crippen LogP contribution in [-0.2, 0) is 9.59 Å². The summed E-state index contributed by atoms with van der Waals surface area (Å²) < 4.78 is 0. The Hall–Kier alpha value is -2.17. The number of aliphatic carboxylic acids is 1. The molecule has 2 N–H and O–H groups in total. The van der Waals surface area contributed by atoms with E-state index in [1.165, 1.54) is 6.08 Å². The molecule has 1 aliphatic rings. The molecule has 1 aromatic rings. The Morgan fingerprint density at radius 1 is 1.42 bits per heavy atom. The first-order valence-electron chi connectivity index (χ1n) is 6.28. The van der Waals surface area contributed by atoms with Gasteiger partial charge in [0.05, 0.1) is 5.92 Å². The van der Waals surface area contributed by atoms with Crippen LogP contribution in [0.25, 0.3) is 6.08 Å². The van der Waals surface area contributed by atoms with Gasteiger partial charge < -0.3 is 10.4 Å². The highest BCUT2D eigenvalue weighted by Crippen LogP contribution is 2.25. The molecule has 2 unspecified atom stereocenters. The third-order valence-electron chi connectivity index (χ3n) is 3.27. The standard InChI is InChI=1S/C14H16N2O3/c17-13(7-6-10-3-2-8-15-9-10)16-12-5-1-4-11(12)14(18)19/h2-3,6-9,11-12H,1,4-5H2,(H,16,17)(H,18,19). The van der Waals surface area contributed by atoms with Crippen LogP contribution < -0.4 is 5.32 Å². The molecule has 0 bridgehead atoms. The number of hydrogen-bond acceptors (Lipinski definition) is 3. The van der Waals surface area contributed by atoms with Gasteiger partial charge in [-0.15, -0.1) is 0 Å². The first kappa shape index (κ1) is 13.3. The zero-order valence-electron chi connectivity index (χ0n) is 10.5. The van der Waals surface area contributed by atoms with E-state index in [1.807, 2.05) is 6.07 Å². The fraction of sp³-hybridized carbons (Fsp3) is 0.357. The van der Waals surface area contributed by atoms with Crippen LogP contribution in [0.3, 0.4) is 0 Å². The first-order chi connectivity index (χ1) is 9.16. The van der Waals surface area contributed by atoms with E-state index < -0.39 is 11.9 Å². The van der Waals surface area contributed by atoms with Crippen molar-refractivity contribution in [2.24, 2.45) is 5.92 Å². The third-order valence-corrected chi connectivity index (χ3v) is 3.27. The minimum atomic E-state index is -0.834. The number of pyridine rings is 1. The van der Waals surface area contributed by atoms with Gasteiger partial charge in [-0.25, -0.2) is 0 Å². The molecule has 1 heterocycles. The van der Waals surface area contributed by atoms with Crippen LogP contribution >= 0.6 is 0 Å². The van der Waals surface area contributed by atoms with Gasteiger partial charge in [-0.3, -0.25) is 14.6 Å². The molecule has 5 nitrogen and oxygen atoms in total. The molecule has 0 radical (unpaired) electrons. The molecule has 0 spiro atoms. The molecule has 1 amide bonds. The van der Waals surface area contributed by atoms with Crippen LogP contribution in [0, 0.1) is 5.92 Å². The summed E-state index contributed by atoms with van der Waals surface area (Å²) in [6.07, 6.45) is 8.58. The van der Waals surface area contributed by atoms with E-state index in [2.05, 4.69) is 10.3 Å². The molecule has 1 fully saturated rings. The lowest BCUT2D eigenvalue weighted by Crippen LogP contribution is -2.39. The molecule has 1 aromatic heterocycles. The molecular formula is C14H16N2O3. The molecule has 5 heteroatoms. The van der Waals surface area contributed by atoms with Crippen molar-refractivity contribution in [3.8, 4) is 0 Å². The first-order valence-corrected chi connectivity index (χ1v) is 6.28. The van der Waals surface area contributed by atoms with Gasteiger partial charge in [0.1, 0.15) is 0 Å². The maximum Gasteiger partial charge on any atom is 0.308 e. The lowest BCUT2D eigenvalue weighted by molar-refractivity contribution is -0.142. The van der Waals surface area contributed by atoms with Gasteiger partial charge in [0.2, 0.25) is 5.91 Å². The second-order valence-electron chi connectivity index (χ2n) is 4.61. The van der Waals surface area contributed by atoms with Gasteiger partial charge in [-0.1, -0.05) is 12.5 Å². The maximum atomic E-state index is 11.7. The fourth-order valence-corrected chi connectivity index (χ4v) is 2.31. The summed E-state index contributed by atoms with van der Waals surface area (Å²) in [6.45, 7) is 0. The van der Waals surface area contributed by atoms with Gasteiger partial charge in [0, 0.05) is 24.5 Å². The Morgan fingerprint density at radius 3 is 2.95 bits per heavy atom. The van der Waals surface area contributed by atoms with Crippen molar-refractivity contribution in [1.29, 1.82) is 0 Å². The van der Waals surface area contributed by atoms with Crippen molar-refractivity contribution in [3.05, 3.63) is 36.2 Å². The average molecular weight is 260 g/mol. The van der Waals surface area contributed by atoms with E-state index in [4.69, 9.17) is 5.11 Å². The van der Waals surface area contributed by atoms with Gasteiger partial charge in [0.15, 0.2) is 0 Å². The topological polar surface area (TPSA) is 79.3 Å². The molecule has 1 saturated carbocycles. The Bertz CT molecular complexity index is 485. The van der Waals surface area contributed by atoms with Crippen LogP contribution in [0.4, 0.5) is 0 Å². The van der Waals surface area contributed by atoms with Crippen LogP contribution in [0.15, 0.2) is 30.6 Å². The van der Waals surface area contributed by atoms with Crippen molar-refractivity contribution in [1.82, 2.24) is 10.3 Å². The predicted molar refractivity (Wildman–Crippen MR) is 70.2 cm³/mol. The molecule has 0 saturated heterocycles. The minimum absolute atomic E-state index is 0.261. The van der Waals surface area contributed by atoms with Crippen molar-refractivity contribution in [3.63, 3.8) is 0 Å². The number of amides is 1. The van der Waals surface area contributed by atoms with Gasteiger partial charge in [-0.2, -0.15) is 0 Å². The molecule has 1 aliphatic carbocycles. The van der Waals surface area contributed by atoms with Crippen molar-refractivity contribution in [2.75, 3.05) is 0 Å². The average Bonchev–Trinajstić information content (AvgIpc) is 2.86. The van der Waals surface area contributed by atoms with Gasteiger partial charge in [0.25, 0.3) is 0 Å². The summed E-state index contributed by atoms with van der Waals surface area (Å²) in [5.74, 6) is -1.56. The molecule has 2 rings (SSSR count). The molecular weight excluding hydrogens is 244 g/mol. The number of aromatic nitrogens is 1. The minimum Gasteiger partial charge on any atom is -0.481 e. The largest absolute Gasteiger partial charge is 0.481 e. The molecule has 0 aliphatic heterocycles. The van der Waals surface area contributed by atoms with E-state index in [0.717, 1.165) is 18.4 Å². The number of carbonyl (C=O) groups excluding carboxylic acids is 1. The number of carboxylic acids is 1. The third kappa shape index (κ3) is 3.64. The maximum absolute atomic E-state index is 11.7. The number of carbonyl (C=O) groups is 2. The highest BCUT2D eigenvalue weighted by Gasteiger charge is 2.33. The second-order valence-corrected chi connectivity index (χ2v) is 4.61. The van der Waals surface area contributed by atoms with E-state index in [1.54, 1.807) is 24.5 Å². The van der Waals surface area contributed by atoms with E-state index in [-0.39, 0.29) is 11.9 Å². The van der Waals surface area contributed by atoms with Crippen molar-refractivity contribution >= 4 is 18.0 Å². The Kier molecular flexibility index (Phi) is 4.28. The predicted octanol–water partition coefficient (Wildman–Crippen LogP) is 1.46. The van der Waals surface area contributed by atoms with Crippen LogP contribution in [0.1, 0.15) is 24.8 Å². The van der Waals surface area contributed by atoms with E-state index in [9.17, 15) is 9.59 Å². The lowest BCUT2D eigenvalue weighted by Gasteiger charge is -2.16. The number of hydrogen-bond donors (Lipinski definition) is 2. The van der Waals surface area contributed by atoms with Crippen LogP contribution in [-0.4, -0.2) is 28.0 Å². The van der Waals surface area contributed by atoms with Crippen LogP contribution in [0.5, 0.6) is 0 Å². The molecule has 100 valence electrons. The van der Waals surface area contributed by atoms with E-state index >= 15 is 0 Å². The monoisotopic (exact) mass is 260 g/mol. The second kappa shape index (κ2) is 6.13. The Labute approximate surface area is 111 Å². The SMILES string of the molecule is O=C(C=Cc1cccnc1)NC1CCCC1C(=O)O. The van der Waals surface area contributed by atoms with Crippen molar-refractivity contribution in [2.45, 2.75) is 25.3 Å². The van der Waals surface area contributed by atoms with Gasteiger partial charge >= 0.3 is 5.97 Å². The zero-order valence-corrected chi connectivity index (χ0v) is 10.5. The number of nitrogens with one attached hydrogen (secondary N) is 1. The van der Waals surface area contributed by atoms with E-state index in [0.29, 0.717) is 6.42 Å². The molecule has 2 atom stereocenters. The molecule has 0 aromatic carbocycles. The Morgan fingerprint density at radius 2 is 2.26 bits per heavy atom. The summed E-state index contributed by atoms with van der Waals surface area (Å²) in [7, 11) is 0. The zero-order chi connectivity index (χ0) is 13.7.